The van der Waals surface area contributed by atoms with Gasteiger partial charge in [0.1, 0.15) is 0 Å². The van der Waals surface area contributed by atoms with Crippen molar-refractivity contribution in [2.75, 3.05) is 0 Å². The van der Waals surface area contributed by atoms with E-state index in [1.54, 1.807) is 0 Å². The molecule has 0 radical (unpaired) electrons. The molecule has 0 N–H and O–H groups in total. The molecule has 0 aromatic rings. The van der Waals surface area contributed by atoms with Gasteiger partial charge < -0.3 is 0 Å². The Morgan fingerprint density at radius 2 is 1.82 bits per heavy atom. The van der Waals surface area contributed by atoms with Gasteiger partial charge in [-0.1, -0.05) is 27.7 Å². The minimum atomic E-state index is -1.39. The van der Waals surface area contributed by atoms with Crippen LogP contribution in [0.4, 0.5) is 0 Å². The van der Waals surface area contributed by atoms with Crippen LogP contribution in [0.15, 0.2) is 0 Å². The van der Waals surface area contributed by atoms with Gasteiger partial charge in [0, 0.05) is 10.00 Å². The molecule has 0 aliphatic rings. The quantitative estimate of drug-likeness (QED) is 0.528. The second-order valence-corrected chi connectivity index (χ2v) is 11.0. The maximum absolute atomic E-state index is 5.79. The Labute approximate surface area is 85.0 Å². The highest BCUT2D eigenvalue weighted by molar-refractivity contribution is 8.01. The van der Waals surface area contributed by atoms with E-state index in [1.165, 1.54) is 0 Å². The lowest BCUT2D eigenvalue weighted by Crippen LogP contribution is -2.15. The normalized spacial score (nSPS) is 15.5. The molecule has 0 rings (SSSR count). The molecule has 4 heteroatoms. The number of rotatable bonds is 3. The first-order valence-electron chi connectivity index (χ1n) is 3.77. The summed E-state index contributed by atoms with van der Waals surface area (Å²) in [5.41, 5.74) is 0. The fraction of sp³-hybridized carbons (Fsp3) is 1.00. The molecule has 0 heterocycles. The van der Waals surface area contributed by atoms with Crippen LogP contribution in [0.5, 0.6) is 0 Å². The Morgan fingerprint density at radius 1 is 1.36 bits per heavy atom. The van der Waals surface area contributed by atoms with E-state index < -0.39 is 7.42 Å². The number of hydrogen-bond acceptors (Lipinski definition) is 1. The Bertz CT molecular complexity index is 111. The van der Waals surface area contributed by atoms with Crippen LogP contribution in [0.1, 0.15) is 27.7 Å². The van der Waals surface area contributed by atoms with Gasteiger partial charge in [-0.05, 0) is 6.04 Å². The van der Waals surface area contributed by atoms with Crippen LogP contribution in [0.3, 0.4) is 0 Å². The maximum atomic E-state index is 5.79. The molecule has 0 saturated heterocycles. The maximum Gasteiger partial charge on any atom is 0.238 e. The molecular formula is C7H16Cl2SSi. The summed E-state index contributed by atoms with van der Waals surface area (Å²) >= 11 is 13.5. The van der Waals surface area contributed by atoms with Crippen molar-refractivity contribution in [2.45, 2.75) is 43.7 Å². The van der Waals surface area contributed by atoms with Crippen molar-refractivity contribution in [1.82, 2.24) is 0 Å². The van der Waals surface area contributed by atoms with Crippen LogP contribution in [0.2, 0.25) is 6.04 Å². The summed E-state index contributed by atoms with van der Waals surface area (Å²) in [6, 6.07) is 1.01. The third-order valence-electron chi connectivity index (χ3n) is 1.06. The highest BCUT2D eigenvalue weighted by Gasteiger charge is 2.18. The Kier molecular flexibility index (Phi) is 5.52. The molecule has 0 nitrogen and oxygen atoms in total. The van der Waals surface area contributed by atoms with E-state index in [1.807, 2.05) is 11.8 Å². The molecule has 0 bridgehead atoms. The topological polar surface area (TPSA) is 0 Å². The Morgan fingerprint density at radius 3 is 2.09 bits per heavy atom. The van der Waals surface area contributed by atoms with E-state index in [0.717, 1.165) is 6.04 Å². The molecule has 0 aromatic heterocycles. The van der Waals surface area contributed by atoms with Gasteiger partial charge >= 0.3 is 0 Å². The highest BCUT2D eigenvalue weighted by atomic mass is 35.7. The van der Waals surface area contributed by atoms with Gasteiger partial charge in [0.2, 0.25) is 7.42 Å². The van der Waals surface area contributed by atoms with Crippen molar-refractivity contribution in [1.29, 1.82) is 0 Å². The van der Waals surface area contributed by atoms with Crippen molar-refractivity contribution in [2.24, 2.45) is 0 Å². The zero-order valence-electron chi connectivity index (χ0n) is 7.53. The van der Waals surface area contributed by atoms with Crippen LogP contribution < -0.4 is 0 Å². The zero-order valence-corrected chi connectivity index (χ0v) is 11.0. The molecular weight excluding hydrogens is 215 g/mol. The van der Waals surface area contributed by atoms with Crippen LogP contribution in [0, 0.1) is 0 Å². The number of thioether (sulfide) groups is 1. The monoisotopic (exact) mass is 230 g/mol. The highest BCUT2D eigenvalue weighted by Crippen LogP contribution is 2.31. The SMILES string of the molecule is CC(C[SiH](Cl)Cl)SC(C)(C)C. The molecule has 0 aliphatic heterocycles. The van der Waals surface area contributed by atoms with Crippen LogP contribution in [-0.4, -0.2) is 17.4 Å². The number of halogens is 2. The van der Waals surface area contributed by atoms with E-state index in [9.17, 15) is 0 Å². The molecule has 68 valence electrons. The third-order valence-corrected chi connectivity index (χ3v) is 4.84. The fourth-order valence-corrected chi connectivity index (χ4v) is 5.81. The Hall–Kier alpha value is 1.15. The molecule has 0 aromatic carbocycles. The largest absolute Gasteiger partial charge is 0.238 e. The predicted molar refractivity (Wildman–Crippen MR) is 60.5 cm³/mol. The van der Waals surface area contributed by atoms with Crippen LogP contribution >= 0.6 is 33.9 Å². The van der Waals surface area contributed by atoms with E-state index in [4.69, 9.17) is 22.2 Å². The zero-order chi connectivity index (χ0) is 9.07. The first kappa shape index (κ1) is 12.1. The van der Waals surface area contributed by atoms with Crippen molar-refractivity contribution >= 4 is 41.3 Å². The van der Waals surface area contributed by atoms with Gasteiger partial charge in [-0.3, -0.25) is 0 Å². The summed E-state index contributed by atoms with van der Waals surface area (Å²) in [7, 11) is -1.39. The lowest BCUT2D eigenvalue weighted by Gasteiger charge is -2.22. The van der Waals surface area contributed by atoms with Crippen LogP contribution in [-0.2, 0) is 0 Å². The molecule has 0 fully saturated rings. The molecule has 1 atom stereocenters. The van der Waals surface area contributed by atoms with E-state index in [-0.39, 0.29) is 0 Å². The van der Waals surface area contributed by atoms with E-state index >= 15 is 0 Å². The molecule has 1 unspecified atom stereocenters. The van der Waals surface area contributed by atoms with Crippen molar-refractivity contribution in [3.63, 3.8) is 0 Å². The fourth-order valence-electron chi connectivity index (χ4n) is 0.903. The first-order chi connectivity index (χ1) is 4.81. The lowest BCUT2D eigenvalue weighted by atomic mass is 10.3. The minimum Gasteiger partial charge on any atom is -0.153 e. The summed E-state index contributed by atoms with van der Waals surface area (Å²) in [6.07, 6.45) is 0. The summed E-state index contributed by atoms with van der Waals surface area (Å²) in [5, 5.41) is 0.599. The Balaban J connectivity index is 3.61. The molecule has 0 saturated carbocycles. The van der Waals surface area contributed by atoms with Gasteiger partial charge in [0.05, 0.1) is 0 Å². The second-order valence-electron chi connectivity index (χ2n) is 3.67. The predicted octanol–water partition coefficient (Wildman–Crippen LogP) is 3.60. The summed E-state index contributed by atoms with van der Waals surface area (Å²) in [5.74, 6) is 0. The van der Waals surface area contributed by atoms with Crippen LogP contribution in [0.25, 0.3) is 0 Å². The van der Waals surface area contributed by atoms with Gasteiger partial charge in [0.25, 0.3) is 0 Å². The smallest absolute Gasteiger partial charge is 0.153 e. The van der Waals surface area contributed by atoms with Gasteiger partial charge in [0.15, 0.2) is 0 Å². The molecule has 0 spiro atoms. The lowest BCUT2D eigenvalue weighted by molar-refractivity contribution is 0.795. The molecule has 0 aliphatic carbocycles. The summed E-state index contributed by atoms with van der Waals surface area (Å²) < 4.78 is 0.330. The van der Waals surface area contributed by atoms with E-state index in [0.29, 0.717) is 10.00 Å². The average Bonchev–Trinajstić information content (AvgIpc) is 1.53. The first-order valence-corrected chi connectivity index (χ1v) is 8.96. The van der Waals surface area contributed by atoms with Crippen molar-refractivity contribution in [3.05, 3.63) is 0 Å². The molecule has 11 heavy (non-hydrogen) atoms. The second kappa shape index (κ2) is 5.00. The van der Waals surface area contributed by atoms with Crippen molar-refractivity contribution in [3.8, 4) is 0 Å². The van der Waals surface area contributed by atoms with Gasteiger partial charge in [-0.25, -0.2) is 0 Å². The van der Waals surface area contributed by atoms with Crippen molar-refractivity contribution < 1.29 is 0 Å². The molecule has 0 amide bonds. The average molecular weight is 231 g/mol. The standard InChI is InChI=1S/C7H16Cl2SSi/c1-6(5-11(8)9)10-7(2,3)4/h6,11H,5H2,1-4H3. The van der Waals surface area contributed by atoms with E-state index in [2.05, 4.69) is 27.7 Å². The third kappa shape index (κ3) is 9.06. The summed E-state index contributed by atoms with van der Waals surface area (Å²) in [6.45, 7) is 8.84. The van der Waals surface area contributed by atoms with Gasteiger partial charge in [-0.2, -0.15) is 33.9 Å². The summed E-state index contributed by atoms with van der Waals surface area (Å²) in [4.78, 5) is 0. The van der Waals surface area contributed by atoms with Gasteiger partial charge in [-0.15, -0.1) is 0 Å². The number of hydrogen-bond donors (Lipinski definition) is 0. The minimum absolute atomic E-state index is 0.330.